The van der Waals surface area contributed by atoms with Gasteiger partial charge in [0, 0.05) is 5.92 Å². The van der Waals surface area contributed by atoms with Crippen LogP contribution in [0.5, 0.6) is 0 Å². The van der Waals surface area contributed by atoms with Crippen LogP contribution in [0, 0.1) is 17.8 Å². The van der Waals surface area contributed by atoms with Crippen LogP contribution in [-0.2, 0) is 4.79 Å². The van der Waals surface area contributed by atoms with E-state index in [1.54, 1.807) is 0 Å². The lowest BCUT2D eigenvalue weighted by molar-refractivity contribution is -0.114. The summed E-state index contributed by atoms with van der Waals surface area (Å²) in [5.74, 6) is 0.808. The Bertz CT molecular complexity index is 144. The van der Waals surface area contributed by atoms with E-state index >= 15 is 0 Å². The van der Waals surface area contributed by atoms with Crippen molar-refractivity contribution in [1.82, 2.24) is 0 Å². The molecule has 0 aromatic heterocycles. The fraction of sp³-hybridized carbons (Fsp3) is 0.889. The number of aldehydes is 1. The van der Waals surface area contributed by atoms with Gasteiger partial charge in [-0.2, -0.15) is 0 Å². The standard InChI is InChI=1S/C9H16O2/c1-3-7-6(2)4-9(11)8(7)5-10/h5-9,11H,3-4H2,1-2H3. The fourth-order valence-electron chi connectivity index (χ4n) is 2.24. The number of carbonyl (C=O) groups excluding carboxylic acids is 1. The SMILES string of the molecule is CCC1C(C)CC(O)C1C=O. The van der Waals surface area contributed by atoms with Gasteiger partial charge in [-0.1, -0.05) is 20.3 Å². The first-order valence-corrected chi connectivity index (χ1v) is 4.34. The summed E-state index contributed by atoms with van der Waals surface area (Å²) in [5.41, 5.74) is 0. The van der Waals surface area contributed by atoms with Crippen molar-refractivity contribution < 1.29 is 9.90 Å². The molecule has 64 valence electrons. The molecule has 0 radical (unpaired) electrons. The van der Waals surface area contributed by atoms with Crippen molar-refractivity contribution in [3.63, 3.8) is 0 Å². The first-order valence-electron chi connectivity index (χ1n) is 4.34. The zero-order valence-electron chi connectivity index (χ0n) is 7.16. The Morgan fingerprint density at radius 1 is 1.64 bits per heavy atom. The summed E-state index contributed by atoms with van der Waals surface area (Å²) in [6.45, 7) is 4.19. The van der Waals surface area contributed by atoms with E-state index in [9.17, 15) is 9.90 Å². The van der Waals surface area contributed by atoms with Crippen molar-refractivity contribution in [1.29, 1.82) is 0 Å². The molecule has 0 bridgehead atoms. The monoisotopic (exact) mass is 156 g/mol. The third-order valence-electron chi connectivity index (χ3n) is 2.91. The maximum atomic E-state index is 10.6. The molecule has 0 aromatic rings. The Hall–Kier alpha value is -0.370. The van der Waals surface area contributed by atoms with Gasteiger partial charge in [0.15, 0.2) is 0 Å². The van der Waals surface area contributed by atoms with E-state index < -0.39 is 0 Å². The number of aliphatic hydroxyl groups excluding tert-OH is 1. The summed E-state index contributed by atoms with van der Waals surface area (Å²) in [7, 11) is 0. The molecule has 4 unspecified atom stereocenters. The first-order chi connectivity index (χ1) is 5.20. The lowest BCUT2D eigenvalue weighted by atomic mass is 9.89. The highest BCUT2D eigenvalue weighted by Gasteiger charge is 2.38. The number of hydrogen-bond acceptors (Lipinski definition) is 2. The van der Waals surface area contributed by atoms with E-state index in [0.717, 1.165) is 19.1 Å². The highest BCUT2D eigenvalue weighted by molar-refractivity contribution is 5.55. The lowest BCUT2D eigenvalue weighted by Crippen LogP contribution is -2.20. The lowest BCUT2D eigenvalue weighted by Gasteiger charge is -2.16. The molecule has 4 atom stereocenters. The fourth-order valence-corrected chi connectivity index (χ4v) is 2.24. The van der Waals surface area contributed by atoms with E-state index in [4.69, 9.17) is 0 Å². The molecule has 0 heterocycles. The highest BCUT2D eigenvalue weighted by Crippen LogP contribution is 2.37. The number of hydrogen-bond donors (Lipinski definition) is 1. The van der Waals surface area contributed by atoms with Crippen LogP contribution >= 0.6 is 0 Å². The predicted octanol–water partition coefficient (Wildman–Crippen LogP) is 1.23. The van der Waals surface area contributed by atoms with E-state index in [0.29, 0.717) is 11.8 Å². The van der Waals surface area contributed by atoms with Gasteiger partial charge in [-0.15, -0.1) is 0 Å². The Labute approximate surface area is 67.6 Å². The maximum absolute atomic E-state index is 10.6. The van der Waals surface area contributed by atoms with Gasteiger partial charge in [-0.05, 0) is 18.3 Å². The highest BCUT2D eigenvalue weighted by atomic mass is 16.3. The predicted molar refractivity (Wildman–Crippen MR) is 43.1 cm³/mol. The van der Waals surface area contributed by atoms with Gasteiger partial charge in [0.2, 0.25) is 0 Å². The van der Waals surface area contributed by atoms with E-state index in [-0.39, 0.29) is 12.0 Å². The number of aliphatic hydroxyl groups is 1. The van der Waals surface area contributed by atoms with Crippen molar-refractivity contribution in [3.05, 3.63) is 0 Å². The van der Waals surface area contributed by atoms with Gasteiger partial charge in [0.1, 0.15) is 6.29 Å². The summed E-state index contributed by atoms with van der Waals surface area (Å²) in [6, 6.07) is 0. The van der Waals surface area contributed by atoms with Crippen LogP contribution in [-0.4, -0.2) is 17.5 Å². The summed E-state index contributed by atoms with van der Waals surface area (Å²) < 4.78 is 0. The Kier molecular flexibility index (Phi) is 2.66. The third kappa shape index (κ3) is 1.45. The van der Waals surface area contributed by atoms with Crippen molar-refractivity contribution >= 4 is 6.29 Å². The first kappa shape index (κ1) is 8.72. The molecule has 0 aliphatic heterocycles. The van der Waals surface area contributed by atoms with Gasteiger partial charge in [-0.25, -0.2) is 0 Å². The summed E-state index contributed by atoms with van der Waals surface area (Å²) >= 11 is 0. The van der Waals surface area contributed by atoms with Crippen molar-refractivity contribution in [3.8, 4) is 0 Å². The second-order valence-electron chi connectivity index (χ2n) is 3.57. The summed E-state index contributed by atoms with van der Waals surface area (Å²) in [5, 5.41) is 9.43. The van der Waals surface area contributed by atoms with Crippen LogP contribution in [0.15, 0.2) is 0 Å². The number of carbonyl (C=O) groups is 1. The maximum Gasteiger partial charge on any atom is 0.125 e. The number of rotatable bonds is 2. The second-order valence-corrected chi connectivity index (χ2v) is 3.57. The molecule has 0 aromatic carbocycles. The van der Waals surface area contributed by atoms with E-state index in [1.807, 2.05) is 0 Å². The third-order valence-corrected chi connectivity index (χ3v) is 2.91. The molecule has 1 N–H and O–H groups in total. The van der Waals surface area contributed by atoms with Crippen LogP contribution in [0.2, 0.25) is 0 Å². The average Bonchev–Trinajstić information content (AvgIpc) is 2.24. The average molecular weight is 156 g/mol. The topological polar surface area (TPSA) is 37.3 Å². The molecule has 2 heteroatoms. The molecule has 1 rings (SSSR count). The van der Waals surface area contributed by atoms with Crippen molar-refractivity contribution in [2.24, 2.45) is 17.8 Å². The van der Waals surface area contributed by atoms with Gasteiger partial charge < -0.3 is 9.90 Å². The van der Waals surface area contributed by atoms with Crippen LogP contribution in [0.25, 0.3) is 0 Å². The Balaban J connectivity index is 2.66. The van der Waals surface area contributed by atoms with Gasteiger partial charge >= 0.3 is 0 Å². The van der Waals surface area contributed by atoms with E-state index in [1.165, 1.54) is 0 Å². The van der Waals surface area contributed by atoms with Crippen LogP contribution < -0.4 is 0 Å². The summed E-state index contributed by atoms with van der Waals surface area (Å²) in [4.78, 5) is 10.6. The zero-order valence-corrected chi connectivity index (χ0v) is 7.16. The van der Waals surface area contributed by atoms with Crippen molar-refractivity contribution in [2.75, 3.05) is 0 Å². The normalized spacial score (nSPS) is 44.3. The molecule has 0 spiro atoms. The molecular weight excluding hydrogens is 140 g/mol. The van der Waals surface area contributed by atoms with Crippen LogP contribution in [0.1, 0.15) is 26.7 Å². The zero-order chi connectivity index (χ0) is 8.43. The quantitative estimate of drug-likeness (QED) is 0.610. The smallest absolute Gasteiger partial charge is 0.125 e. The largest absolute Gasteiger partial charge is 0.392 e. The molecule has 11 heavy (non-hydrogen) atoms. The van der Waals surface area contributed by atoms with Gasteiger partial charge in [-0.3, -0.25) is 0 Å². The molecular formula is C9H16O2. The minimum absolute atomic E-state index is 0.102. The minimum atomic E-state index is -0.382. The van der Waals surface area contributed by atoms with Gasteiger partial charge in [0.25, 0.3) is 0 Å². The molecule has 1 aliphatic carbocycles. The Morgan fingerprint density at radius 3 is 2.64 bits per heavy atom. The molecule has 1 aliphatic rings. The van der Waals surface area contributed by atoms with E-state index in [2.05, 4.69) is 13.8 Å². The van der Waals surface area contributed by atoms with Gasteiger partial charge in [0.05, 0.1) is 6.10 Å². The Morgan fingerprint density at radius 2 is 2.27 bits per heavy atom. The summed E-state index contributed by atoms with van der Waals surface area (Å²) in [6.07, 6.45) is 2.33. The van der Waals surface area contributed by atoms with Crippen molar-refractivity contribution in [2.45, 2.75) is 32.8 Å². The molecule has 0 saturated heterocycles. The molecule has 2 nitrogen and oxygen atoms in total. The minimum Gasteiger partial charge on any atom is -0.392 e. The molecule has 0 amide bonds. The molecule has 1 fully saturated rings. The van der Waals surface area contributed by atoms with Crippen LogP contribution in [0.4, 0.5) is 0 Å². The van der Waals surface area contributed by atoms with Crippen LogP contribution in [0.3, 0.4) is 0 Å². The molecule has 1 saturated carbocycles. The second kappa shape index (κ2) is 3.35.